The Labute approximate surface area is 180 Å². The van der Waals surface area contributed by atoms with Crippen LogP contribution in [0.5, 0.6) is 0 Å². The number of Topliss-reactive ketones (excluding diaryl/α,β-unsaturated/α-hetero) is 1. The summed E-state index contributed by atoms with van der Waals surface area (Å²) in [7, 11) is 1.88. The lowest BCUT2D eigenvalue weighted by molar-refractivity contribution is 0.0522. The molecule has 0 saturated carbocycles. The Morgan fingerprint density at radius 3 is 2.50 bits per heavy atom. The molecule has 3 aromatic rings. The van der Waals surface area contributed by atoms with Gasteiger partial charge in [-0.3, -0.25) is 9.48 Å². The van der Waals surface area contributed by atoms with Gasteiger partial charge < -0.3 is 10.1 Å². The minimum Gasteiger partial charge on any atom is -0.444 e. The van der Waals surface area contributed by atoms with Crippen LogP contribution < -0.4 is 5.32 Å². The highest BCUT2D eigenvalue weighted by Gasteiger charge is 2.22. The molecule has 0 aliphatic heterocycles. The maximum absolute atomic E-state index is 13.0. The molecule has 0 aliphatic rings. The number of amides is 1. The van der Waals surface area contributed by atoms with E-state index in [1.807, 2.05) is 76.3 Å². The summed E-state index contributed by atoms with van der Waals surface area (Å²) < 4.78 is 7.12. The summed E-state index contributed by atoms with van der Waals surface area (Å²) in [6, 6.07) is 15.5. The van der Waals surface area contributed by atoms with Crippen molar-refractivity contribution in [1.82, 2.24) is 15.1 Å². The van der Waals surface area contributed by atoms with E-state index in [0.717, 1.165) is 16.1 Å². The molecule has 1 aromatic carbocycles. The van der Waals surface area contributed by atoms with E-state index in [4.69, 9.17) is 4.74 Å². The third-order valence-corrected chi connectivity index (χ3v) is 5.70. The summed E-state index contributed by atoms with van der Waals surface area (Å²) >= 11 is 1.46. The normalized spacial score (nSPS) is 12.4. The molecule has 1 N–H and O–H groups in total. The molecule has 6 nitrogen and oxygen atoms in total. The van der Waals surface area contributed by atoms with Crippen LogP contribution in [0, 0.1) is 0 Å². The predicted molar refractivity (Wildman–Crippen MR) is 119 cm³/mol. The summed E-state index contributed by atoms with van der Waals surface area (Å²) in [4.78, 5) is 26.8. The zero-order chi connectivity index (χ0) is 21.7. The zero-order valence-corrected chi connectivity index (χ0v) is 18.5. The zero-order valence-electron chi connectivity index (χ0n) is 17.7. The van der Waals surface area contributed by atoms with Crippen LogP contribution in [-0.2, 0) is 11.8 Å². The SMILES string of the molecule is Cn1nccc1-c1ccc(C(=O)CC(CNC(=O)OC(C)(C)C)c2ccccc2)s1. The third-order valence-electron chi connectivity index (χ3n) is 4.55. The van der Waals surface area contributed by atoms with E-state index in [0.29, 0.717) is 17.8 Å². The van der Waals surface area contributed by atoms with Crippen molar-refractivity contribution in [3.63, 3.8) is 0 Å². The number of aryl methyl sites for hydroxylation is 1. The first kappa shape index (κ1) is 21.8. The fourth-order valence-electron chi connectivity index (χ4n) is 3.12. The monoisotopic (exact) mass is 425 g/mol. The predicted octanol–water partition coefficient (Wildman–Crippen LogP) is 5.03. The minimum absolute atomic E-state index is 0.0493. The molecule has 0 spiro atoms. The van der Waals surface area contributed by atoms with Gasteiger partial charge in [0.25, 0.3) is 0 Å². The van der Waals surface area contributed by atoms with Crippen LogP contribution in [0.3, 0.4) is 0 Å². The summed E-state index contributed by atoms with van der Waals surface area (Å²) in [5.74, 6) is -0.0956. The number of thiophene rings is 1. The van der Waals surface area contributed by atoms with Crippen molar-refractivity contribution < 1.29 is 14.3 Å². The van der Waals surface area contributed by atoms with E-state index in [2.05, 4.69) is 10.4 Å². The van der Waals surface area contributed by atoms with Crippen molar-refractivity contribution in [3.05, 3.63) is 65.2 Å². The number of hydrogen-bond donors (Lipinski definition) is 1. The van der Waals surface area contributed by atoms with Gasteiger partial charge >= 0.3 is 6.09 Å². The molecule has 30 heavy (non-hydrogen) atoms. The Kier molecular flexibility index (Phi) is 6.72. The van der Waals surface area contributed by atoms with Crippen molar-refractivity contribution in [2.24, 2.45) is 7.05 Å². The molecule has 2 heterocycles. The lowest BCUT2D eigenvalue weighted by Crippen LogP contribution is -2.35. The summed E-state index contributed by atoms with van der Waals surface area (Å²) in [5, 5.41) is 7.00. The molecule has 0 saturated heterocycles. The van der Waals surface area contributed by atoms with E-state index in [1.165, 1.54) is 11.3 Å². The highest BCUT2D eigenvalue weighted by Crippen LogP contribution is 2.30. The first-order valence-corrected chi connectivity index (χ1v) is 10.7. The Morgan fingerprint density at radius 2 is 1.87 bits per heavy atom. The second-order valence-electron chi connectivity index (χ2n) is 8.12. The van der Waals surface area contributed by atoms with Crippen molar-refractivity contribution >= 4 is 23.2 Å². The molecule has 7 heteroatoms. The van der Waals surface area contributed by atoms with Crippen molar-refractivity contribution in [3.8, 4) is 10.6 Å². The number of ketones is 1. The van der Waals surface area contributed by atoms with Crippen molar-refractivity contribution in [2.75, 3.05) is 6.54 Å². The summed E-state index contributed by atoms with van der Waals surface area (Å²) in [6.07, 6.45) is 1.56. The number of aromatic nitrogens is 2. The second kappa shape index (κ2) is 9.26. The number of hydrogen-bond acceptors (Lipinski definition) is 5. The molecule has 3 rings (SSSR count). The Morgan fingerprint density at radius 1 is 1.13 bits per heavy atom. The Bertz CT molecular complexity index is 1000. The topological polar surface area (TPSA) is 73.2 Å². The summed E-state index contributed by atoms with van der Waals surface area (Å²) in [6.45, 7) is 5.79. The van der Waals surface area contributed by atoms with Crippen LogP contribution >= 0.6 is 11.3 Å². The average Bonchev–Trinajstić information content (AvgIpc) is 3.33. The average molecular weight is 426 g/mol. The molecule has 0 bridgehead atoms. The fourth-order valence-corrected chi connectivity index (χ4v) is 4.13. The minimum atomic E-state index is -0.568. The number of nitrogens with one attached hydrogen (secondary N) is 1. The summed E-state index contributed by atoms with van der Waals surface area (Å²) in [5.41, 5.74) is 1.41. The number of alkyl carbamates (subject to hydrolysis) is 1. The molecule has 1 unspecified atom stereocenters. The van der Waals surface area contributed by atoms with Gasteiger partial charge in [-0.2, -0.15) is 5.10 Å². The van der Waals surface area contributed by atoms with Gasteiger partial charge in [0.15, 0.2) is 5.78 Å². The Hall–Kier alpha value is -2.93. The molecule has 1 atom stereocenters. The van der Waals surface area contributed by atoms with Crippen LogP contribution in [0.4, 0.5) is 4.79 Å². The van der Waals surface area contributed by atoms with E-state index < -0.39 is 11.7 Å². The van der Waals surface area contributed by atoms with Gasteiger partial charge in [0.1, 0.15) is 5.60 Å². The smallest absolute Gasteiger partial charge is 0.407 e. The highest BCUT2D eigenvalue weighted by atomic mass is 32.1. The standard InChI is InChI=1S/C23H27N3O3S/c1-23(2,3)29-22(28)24-15-17(16-8-6-5-7-9-16)14-19(27)21-11-10-20(30-21)18-12-13-25-26(18)4/h5-13,17H,14-15H2,1-4H3,(H,24,28). The number of ether oxygens (including phenoxy) is 1. The molecular formula is C23H27N3O3S. The van der Waals surface area contributed by atoms with Crippen LogP contribution in [0.1, 0.15) is 48.3 Å². The van der Waals surface area contributed by atoms with E-state index in [-0.39, 0.29) is 11.7 Å². The number of benzene rings is 1. The van der Waals surface area contributed by atoms with Gasteiger partial charge in [0.05, 0.1) is 15.4 Å². The Balaban J connectivity index is 1.71. The van der Waals surface area contributed by atoms with Crippen LogP contribution in [0.25, 0.3) is 10.6 Å². The van der Waals surface area contributed by atoms with Gasteiger partial charge in [0.2, 0.25) is 0 Å². The number of carbonyl (C=O) groups excluding carboxylic acids is 2. The second-order valence-corrected chi connectivity index (χ2v) is 9.21. The largest absolute Gasteiger partial charge is 0.444 e. The molecule has 2 aromatic heterocycles. The molecule has 0 radical (unpaired) electrons. The molecule has 0 aliphatic carbocycles. The molecular weight excluding hydrogens is 398 g/mol. The van der Waals surface area contributed by atoms with Crippen LogP contribution in [0.15, 0.2) is 54.7 Å². The van der Waals surface area contributed by atoms with Gasteiger partial charge in [-0.25, -0.2) is 4.79 Å². The van der Waals surface area contributed by atoms with Crippen molar-refractivity contribution in [1.29, 1.82) is 0 Å². The van der Waals surface area contributed by atoms with Gasteiger partial charge in [-0.1, -0.05) is 30.3 Å². The van der Waals surface area contributed by atoms with Crippen LogP contribution in [0.2, 0.25) is 0 Å². The number of carbonyl (C=O) groups is 2. The maximum atomic E-state index is 13.0. The quantitative estimate of drug-likeness (QED) is 0.539. The van der Waals surface area contributed by atoms with E-state index in [9.17, 15) is 9.59 Å². The fraction of sp³-hybridized carbons (Fsp3) is 0.348. The molecule has 1 amide bonds. The maximum Gasteiger partial charge on any atom is 0.407 e. The lowest BCUT2D eigenvalue weighted by Gasteiger charge is -2.22. The first-order valence-electron chi connectivity index (χ1n) is 9.86. The van der Waals surface area contributed by atoms with Gasteiger partial charge in [-0.15, -0.1) is 11.3 Å². The number of rotatable bonds is 7. The molecule has 0 fully saturated rings. The van der Waals surface area contributed by atoms with Gasteiger partial charge in [-0.05, 0) is 44.5 Å². The lowest BCUT2D eigenvalue weighted by atomic mass is 9.93. The van der Waals surface area contributed by atoms with E-state index in [1.54, 1.807) is 10.9 Å². The van der Waals surface area contributed by atoms with Gasteiger partial charge in [0, 0.05) is 32.1 Å². The highest BCUT2D eigenvalue weighted by molar-refractivity contribution is 7.17. The van der Waals surface area contributed by atoms with Crippen LogP contribution in [-0.4, -0.2) is 33.8 Å². The first-order chi connectivity index (χ1) is 14.2. The van der Waals surface area contributed by atoms with E-state index >= 15 is 0 Å². The third kappa shape index (κ3) is 5.79. The molecule has 158 valence electrons. The van der Waals surface area contributed by atoms with Crippen molar-refractivity contribution in [2.45, 2.75) is 38.7 Å². The number of nitrogens with zero attached hydrogens (tertiary/aromatic N) is 2.